The van der Waals surface area contributed by atoms with Gasteiger partial charge >= 0.3 is 0 Å². The molecule has 2 rings (SSSR count). The lowest BCUT2D eigenvalue weighted by Crippen LogP contribution is -2.33. The summed E-state index contributed by atoms with van der Waals surface area (Å²) < 4.78 is 0.921. The van der Waals surface area contributed by atoms with E-state index < -0.39 is 0 Å². The van der Waals surface area contributed by atoms with Gasteiger partial charge in [0.25, 0.3) is 0 Å². The lowest BCUT2D eigenvalue weighted by atomic mass is 10.2. The fourth-order valence-corrected chi connectivity index (χ4v) is 3.38. The highest BCUT2D eigenvalue weighted by molar-refractivity contribution is 9.10. The van der Waals surface area contributed by atoms with Gasteiger partial charge in [0.05, 0.1) is 0 Å². The van der Waals surface area contributed by atoms with Crippen molar-refractivity contribution in [3.8, 4) is 0 Å². The Morgan fingerprint density at radius 3 is 2.94 bits per heavy atom. The van der Waals surface area contributed by atoms with Crippen LogP contribution in [0, 0.1) is 0 Å². The van der Waals surface area contributed by atoms with Crippen molar-refractivity contribution in [3.63, 3.8) is 0 Å². The summed E-state index contributed by atoms with van der Waals surface area (Å²) in [6.07, 6.45) is 5.56. The van der Waals surface area contributed by atoms with Crippen LogP contribution in [0.1, 0.15) is 25.7 Å². The van der Waals surface area contributed by atoms with Crippen molar-refractivity contribution >= 4 is 32.4 Å². The van der Waals surface area contributed by atoms with Crippen LogP contribution in [0.5, 0.6) is 0 Å². The van der Waals surface area contributed by atoms with Crippen molar-refractivity contribution in [3.05, 3.63) is 9.98 Å². The highest BCUT2D eigenvalue weighted by Crippen LogP contribution is 2.22. The van der Waals surface area contributed by atoms with Gasteiger partial charge in [0, 0.05) is 24.5 Å². The molecule has 0 unspecified atom stereocenters. The Hall–Kier alpha value is -0.130. The molecular formula is C11H18BrN3S. The molecule has 1 aromatic rings. The molecule has 0 spiro atoms. The zero-order valence-electron chi connectivity index (χ0n) is 9.58. The summed E-state index contributed by atoms with van der Waals surface area (Å²) in [5.74, 6) is 0. The van der Waals surface area contributed by atoms with E-state index in [1.807, 2.05) is 5.38 Å². The normalized spacial score (nSPS) is 17.2. The SMILES string of the molecule is CN(CCNc1nc(Br)cs1)C1CCCC1. The van der Waals surface area contributed by atoms with Crippen LogP contribution in [0.4, 0.5) is 5.13 Å². The molecule has 1 saturated carbocycles. The fraction of sp³-hybridized carbons (Fsp3) is 0.727. The van der Waals surface area contributed by atoms with E-state index >= 15 is 0 Å². The van der Waals surface area contributed by atoms with E-state index in [2.05, 4.69) is 38.2 Å². The molecule has 5 heteroatoms. The monoisotopic (exact) mass is 303 g/mol. The molecule has 90 valence electrons. The van der Waals surface area contributed by atoms with Crippen molar-refractivity contribution in [1.29, 1.82) is 0 Å². The minimum Gasteiger partial charge on any atom is -0.360 e. The topological polar surface area (TPSA) is 28.2 Å². The Balaban J connectivity index is 1.67. The average molecular weight is 304 g/mol. The number of rotatable bonds is 5. The van der Waals surface area contributed by atoms with Crippen molar-refractivity contribution in [2.45, 2.75) is 31.7 Å². The van der Waals surface area contributed by atoms with Crippen molar-refractivity contribution in [2.24, 2.45) is 0 Å². The number of anilines is 1. The zero-order valence-corrected chi connectivity index (χ0v) is 12.0. The predicted octanol–water partition coefficient (Wildman–Crippen LogP) is 3.19. The maximum Gasteiger partial charge on any atom is 0.183 e. The minimum absolute atomic E-state index is 0.810. The van der Waals surface area contributed by atoms with Gasteiger partial charge in [-0.1, -0.05) is 12.8 Å². The first-order chi connectivity index (χ1) is 7.75. The molecule has 1 aliphatic carbocycles. The number of nitrogens with zero attached hydrogens (tertiary/aromatic N) is 2. The quantitative estimate of drug-likeness (QED) is 0.905. The Morgan fingerprint density at radius 1 is 1.56 bits per heavy atom. The number of nitrogens with one attached hydrogen (secondary N) is 1. The van der Waals surface area contributed by atoms with Crippen LogP contribution in [0.15, 0.2) is 9.98 Å². The van der Waals surface area contributed by atoms with Crippen LogP contribution >= 0.6 is 27.3 Å². The number of hydrogen-bond donors (Lipinski definition) is 1. The van der Waals surface area contributed by atoms with Gasteiger partial charge in [-0.2, -0.15) is 0 Å². The third kappa shape index (κ3) is 3.43. The number of thiazole rings is 1. The van der Waals surface area contributed by atoms with Gasteiger partial charge in [-0.3, -0.25) is 0 Å². The summed E-state index contributed by atoms with van der Waals surface area (Å²) in [5, 5.41) is 6.36. The van der Waals surface area contributed by atoms with Gasteiger partial charge in [0.2, 0.25) is 0 Å². The molecule has 0 aliphatic heterocycles. The third-order valence-corrected chi connectivity index (χ3v) is 4.67. The second-order valence-electron chi connectivity index (χ2n) is 4.32. The molecule has 1 heterocycles. The summed E-state index contributed by atoms with van der Waals surface area (Å²) in [5.41, 5.74) is 0. The first-order valence-electron chi connectivity index (χ1n) is 5.81. The smallest absolute Gasteiger partial charge is 0.183 e. The van der Waals surface area contributed by atoms with E-state index in [-0.39, 0.29) is 0 Å². The van der Waals surface area contributed by atoms with Crippen LogP contribution in [0.3, 0.4) is 0 Å². The molecular weight excluding hydrogens is 286 g/mol. The van der Waals surface area contributed by atoms with E-state index in [1.165, 1.54) is 25.7 Å². The van der Waals surface area contributed by atoms with Gasteiger partial charge in [0.15, 0.2) is 5.13 Å². The Kier molecular flexibility index (Phi) is 4.61. The van der Waals surface area contributed by atoms with Gasteiger partial charge in [0.1, 0.15) is 4.60 Å². The van der Waals surface area contributed by atoms with Gasteiger partial charge in [-0.15, -0.1) is 11.3 Å². The molecule has 1 N–H and O–H groups in total. The lowest BCUT2D eigenvalue weighted by Gasteiger charge is -2.23. The van der Waals surface area contributed by atoms with E-state index in [4.69, 9.17) is 0 Å². The summed E-state index contributed by atoms with van der Waals surface area (Å²) in [6.45, 7) is 2.08. The molecule has 0 radical (unpaired) electrons. The second kappa shape index (κ2) is 5.98. The van der Waals surface area contributed by atoms with E-state index in [1.54, 1.807) is 11.3 Å². The number of hydrogen-bond acceptors (Lipinski definition) is 4. The molecule has 3 nitrogen and oxygen atoms in total. The highest BCUT2D eigenvalue weighted by atomic mass is 79.9. The first-order valence-corrected chi connectivity index (χ1v) is 7.48. The summed E-state index contributed by atoms with van der Waals surface area (Å²) in [6, 6.07) is 0.810. The zero-order chi connectivity index (χ0) is 11.4. The van der Waals surface area contributed by atoms with Crippen molar-refractivity contribution in [1.82, 2.24) is 9.88 Å². The first kappa shape index (κ1) is 12.3. The van der Waals surface area contributed by atoms with Gasteiger partial charge in [-0.25, -0.2) is 4.98 Å². The second-order valence-corrected chi connectivity index (χ2v) is 5.99. The molecule has 0 saturated heterocycles. The number of likely N-dealkylation sites (N-methyl/N-ethyl adjacent to an activating group) is 1. The van der Waals surface area contributed by atoms with Crippen LogP contribution in [-0.2, 0) is 0 Å². The summed E-state index contributed by atoms with van der Waals surface area (Å²) in [7, 11) is 2.23. The van der Waals surface area contributed by atoms with Gasteiger partial charge in [-0.05, 0) is 35.8 Å². The molecule has 0 atom stereocenters. The Morgan fingerprint density at radius 2 is 2.31 bits per heavy atom. The van der Waals surface area contributed by atoms with E-state index in [0.29, 0.717) is 0 Å². The van der Waals surface area contributed by atoms with Crippen LogP contribution in [0.25, 0.3) is 0 Å². The molecule has 1 fully saturated rings. The lowest BCUT2D eigenvalue weighted by molar-refractivity contribution is 0.254. The van der Waals surface area contributed by atoms with Crippen molar-refractivity contribution in [2.75, 3.05) is 25.5 Å². The number of aromatic nitrogens is 1. The summed E-state index contributed by atoms with van der Waals surface area (Å²) >= 11 is 5.00. The third-order valence-electron chi connectivity index (χ3n) is 3.16. The fourth-order valence-electron chi connectivity index (χ4n) is 2.20. The van der Waals surface area contributed by atoms with Gasteiger partial charge < -0.3 is 10.2 Å². The Labute approximate surface area is 109 Å². The molecule has 1 aromatic heterocycles. The molecule has 1 aliphatic rings. The maximum atomic E-state index is 4.31. The predicted molar refractivity (Wildman–Crippen MR) is 73.2 cm³/mol. The number of halogens is 1. The van der Waals surface area contributed by atoms with Crippen molar-refractivity contribution < 1.29 is 0 Å². The molecule has 0 aromatic carbocycles. The average Bonchev–Trinajstić information content (AvgIpc) is 2.89. The van der Waals surface area contributed by atoms with Crippen LogP contribution < -0.4 is 5.32 Å². The minimum atomic E-state index is 0.810. The maximum absolute atomic E-state index is 4.31. The standard InChI is InChI=1S/C11H18BrN3S/c1-15(9-4-2-3-5-9)7-6-13-11-14-10(12)8-16-11/h8-9H,2-7H2,1H3,(H,13,14). The largest absolute Gasteiger partial charge is 0.360 e. The van der Waals surface area contributed by atoms with Crippen LogP contribution in [-0.4, -0.2) is 36.1 Å². The van der Waals surface area contributed by atoms with E-state index in [0.717, 1.165) is 28.9 Å². The highest BCUT2D eigenvalue weighted by Gasteiger charge is 2.18. The Bertz CT molecular complexity index is 323. The molecule has 0 amide bonds. The van der Waals surface area contributed by atoms with E-state index in [9.17, 15) is 0 Å². The molecule has 0 bridgehead atoms. The van der Waals surface area contributed by atoms with Crippen LogP contribution in [0.2, 0.25) is 0 Å². The summed E-state index contributed by atoms with van der Waals surface area (Å²) in [4.78, 5) is 6.79. The molecule has 16 heavy (non-hydrogen) atoms.